The molecule has 1 aromatic rings. The lowest BCUT2D eigenvalue weighted by atomic mass is 9.74. The van der Waals surface area contributed by atoms with E-state index < -0.39 is 0 Å². The van der Waals surface area contributed by atoms with Gasteiger partial charge in [-0.05, 0) is 23.6 Å². The first-order chi connectivity index (χ1) is 9.27. The van der Waals surface area contributed by atoms with Crippen LogP contribution in [-0.4, -0.2) is 11.6 Å². The standard InChI is InChI=1S/C15H15Cl2NO2/c1-15(2)6-13(19)12(14(20)7-15)8-18-11-4-9(16)3-10(17)5-11/h3-5,8,18H,6-7H2,1-2H3. The normalized spacial score (nSPS) is 18.1. The summed E-state index contributed by atoms with van der Waals surface area (Å²) >= 11 is 11.8. The fourth-order valence-corrected chi connectivity index (χ4v) is 2.76. The molecule has 0 radical (unpaired) electrons. The van der Waals surface area contributed by atoms with Gasteiger partial charge in [-0.3, -0.25) is 9.59 Å². The molecular formula is C15H15Cl2NO2. The third-order valence-corrected chi connectivity index (χ3v) is 3.56. The Kier molecular flexibility index (Phi) is 4.21. The molecule has 2 rings (SSSR count). The topological polar surface area (TPSA) is 46.2 Å². The zero-order chi connectivity index (χ0) is 14.9. The molecule has 0 unspecified atom stereocenters. The van der Waals surface area contributed by atoms with Crippen molar-refractivity contribution >= 4 is 40.5 Å². The van der Waals surface area contributed by atoms with Gasteiger partial charge in [0.25, 0.3) is 0 Å². The Bertz CT molecular complexity index is 564. The summed E-state index contributed by atoms with van der Waals surface area (Å²) in [7, 11) is 0. The van der Waals surface area contributed by atoms with Gasteiger partial charge in [-0.15, -0.1) is 0 Å². The Morgan fingerprint density at radius 2 is 1.55 bits per heavy atom. The van der Waals surface area contributed by atoms with Crippen molar-refractivity contribution in [3.05, 3.63) is 40.0 Å². The number of halogens is 2. The number of hydrogen-bond donors (Lipinski definition) is 1. The summed E-state index contributed by atoms with van der Waals surface area (Å²) in [6.45, 7) is 3.84. The molecule has 0 aliphatic heterocycles. The Morgan fingerprint density at radius 3 is 2.05 bits per heavy atom. The molecule has 1 aliphatic carbocycles. The second-order valence-electron chi connectivity index (χ2n) is 5.72. The van der Waals surface area contributed by atoms with E-state index in [1.807, 2.05) is 13.8 Å². The fraction of sp³-hybridized carbons (Fsp3) is 0.333. The van der Waals surface area contributed by atoms with Gasteiger partial charge in [0.05, 0.1) is 5.57 Å². The Labute approximate surface area is 127 Å². The monoisotopic (exact) mass is 311 g/mol. The first-order valence-corrected chi connectivity index (χ1v) is 7.02. The average Bonchev–Trinajstić information content (AvgIpc) is 2.24. The summed E-state index contributed by atoms with van der Waals surface area (Å²) in [4.78, 5) is 24.0. The summed E-state index contributed by atoms with van der Waals surface area (Å²) < 4.78 is 0. The van der Waals surface area contributed by atoms with E-state index in [0.717, 1.165) is 0 Å². The number of rotatable bonds is 2. The molecule has 3 nitrogen and oxygen atoms in total. The predicted molar refractivity (Wildman–Crippen MR) is 81.2 cm³/mol. The van der Waals surface area contributed by atoms with Crippen LogP contribution in [0.15, 0.2) is 30.0 Å². The van der Waals surface area contributed by atoms with Crippen LogP contribution in [-0.2, 0) is 9.59 Å². The first-order valence-electron chi connectivity index (χ1n) is 6.26. The van der Waals surface area contributed by atoms with Crippen LogP contribution >= 0.6 is 23.2 Å². The number of benzene rings is 1. The minimum absolute atomic E-state index is 0.133. The zero-order valence-corrected chi connectivity index (χ0v) is 12.8. The van der Waals surface area contributed by atoms with Crippen molar-refractivity contribution in [1.29, 1.82) is 0 Å². The second kappa shape index (κ2) is 5.58. The third-order valence-electron chi connectivity index (χ3n) is 3.12. The average molecular weight is 312 g/mol. The highest BCUT2D eigenvalue weighted by Gasteiger charge is 2.35. The van der Waals surface area contributed by atoms with Crippen molar-refractivity contribution in [2.24, 2.45) is 5.41 Å². The maximum Gasteiger partial charge on any atom is 0.168 e. The summed E-state index contributed by atoms with van der Waals surface area (Å²) in [6, 6.07) is 4.96. The highest BCUT2D eigenvalue weighted by atomic mass is 35.5. The number of ketones is 2. The molecule has 1 N–H and O–H groups in total. The highest BCUT2D eigenvalue weighted by molar-refractivity contribution is 6.35. The van der Waals surface area contributed by atoms with Crippen molar-refractivity contribution in [2.75, 3.05) is 5.32 Å². The van der Waals surface area contributed by atoms with Crippen LogP contribution in [0, 0.1) is 5.41 Å². The summed E-state index contributed by atoms with van der Waals surface area (Å²) in [5, 5.41) is 3.89. The van der Waals surface area contributed by atoms with Crippen LogP contribution in [0.2, 0.25) is 10.0 Å². The van der Waals surface area contributed by atoms with Crippen molar-refractivity contribution in [2.45, 2.75) is 26.7 Å². The van der Waals surface area contributed by atoms with E-state index in [9.17, 15) is 9.59 Å². The molecule has 0 heterocycles. The maximum absolute atomic E-state index is 12.0. The van der Waals surface area contributed by atoms with Gasteiger partial charge in [0.1, 0.15) is 0 Å². The lowest BCUT2D eigenvalue weighted by molar-refractivity contribution is -0.127. The van der Waals surface area contributed by atoms with E-state index in [1.165, 1.54) is 6.20 Å². The number of Topliss-reactive ketones (excluding diaryl/α,β-unsaturated/α-hetero) is 2. The molecule has 106 valence electrons. The van der Waals surface area contributed by atoms with Crippen LogP contribution in [0.25, 0.3) is 0 Å². The summed E-state index contributed by atoms with van der Waals surface area (Å²) in [5.74, 6) is -0.265. The van der Waals surface area contributed by atoms with E-state index in [0.29, 0.717) is 28.6 Å². The Hall–Kier alpha value is -1.32. The smallest absolute Gasteiger partial charge is 0.168 e. The largest absolute Gasteiger partial charge is 0.361 e. The van der Waals surface area contributed by atoms with E-state index in [1.54, 1.807) is 18.2 Å². The van der Waals surface area contributed by atoms with Crippen molar-refractivity contribution in [1.82, 2.24) is 0 Å². The number of allylic oxidation sites excluding steroid dienone is 1. The molecule has 1 saturated carbocycles. The molecule has 0 atom stereocenters. The first kappa shape index (κ1) is 15.1. The van der Waals surface area contributed by atoms with Gasteiger partial charge >= 0.3 is 0 Å². The predicted octanol–water partition coefficient (Wildman–Crippen LogP) is 4.25. The Balaban J connectivity index is 2.19. The highest BCUT2D eigenvalue weighted by Crippen LogP contribution is 2.33. The van der Waals surface area contributed by atoms with Gasteiger partial charge < -0.3 is 5.32 Å². The van der Waals surface area contributed by atoms with Crippen molar-refractivity contribution < 1.29 is 9.59 Å². The number of carbonyl (C=O) groups is 2. The molecule has 1 aliphatic rings. The van der Waals surface area contributed by atoms with Gasteiger partial charge in [0, 0.05) is 34.8 Å². The molecule has 0 bridgehead atoms. The van der Waals surface area contributed by atoms with E-state index in [4.69, 9.17) is 23.2 Å². The Morgan fingerprint density at radius 1 is 1.05 bits per heavy atom. The molecule has 20 heavy (non-hydrogen) atoms. The number of nitrogens with one attached hydrogen (secondary N) is 1. The molecule has 0 aromatic heterocycles. The SMILES string of the molecule is CC1(C)CC(=O)C(=CNc2cc(Cl)cc(Cl)c2)C(=O)C1. The minimum atomic E-state index is -0.259. The molecule has 1 aromatic carbocycles. The third kappa shape index (κ3) is 3.62. The molecule has 0 spiro atoms. The maximum atomic E-state index is 12.0. The summed E-state index contributed by atoms with van der Waals surface area (Å²) in [5.41, 5.74) is 0.589. The number of carbonyl (C=O) groups excluding carboxylic acids is 2. The second-order valence-corrected chi connectivity index (χ2v) is 6.60. The molecule has 0 amide bonds. The van der Waals surface area contributed by atoms with Gasteiger partial charge in [-0.2, -0.15) is 0 Å². The molecule has 0 saturated heterocycles. The van der Waals surface area contributed by atoms with Crippen LogP contribution in [0.4, 0.5) is 5.69 Å². The number of anilines is 1. The van der Waals surface area contributed by atoms with Crippen molar-refractivity contribution in [3.63, 3.8) is 0 Å². The van der Waals surface area contributed by atoms with Crippen LogP contribution in [0.1, 0.15) is 26.7 Å². The van der Waals surface area contributed by atoms with Gasteiger partial charge in [-0.25, -0.2) is 0 Å². The molecule has 5 heteroatoms. The quantitative estimate of drug-likeness (QED) is 0.656. The molecular weight excluding hydrogens is 297 g/mol. The van der Waals surface area contributed by atoms with Crippen LogP contribution < -0.4 is 5.32 Å². The van der Waals surface area contributed by atoms with Gasteiger partial charge in [0.15, 0.2) is 11.6 Å². The van der Waals surface area contributed by atoms with Gasteiger partial charge in [0.2, 0.25) is 0 Å². The van der Waals surface area contributed by atoms with Crippen LogP contribution in [0.5, 0.6) is 0 Å². The van der Waals surface area contributed by atoms with Gasteiger partial charge in [-0.1, -0.05) is 37.0 Å². The van der Waals surface area contributed by atoms with Crippen LogP contribution in [0.3, 0.4) is 0 Å². The summed E-state index contributed by atoms with van der Waals surface area (Å²) in [6.07, 6.45) is 2.20. The van der Waals surface area contributed by atoms with E-state index in [-0.39, 0.29) is 22.6 Å². The minimum Gasteiger partial charge on any atom is -0.361 e. The van der Waals surface area contributed by atoms with E-state index in [2.05, 4.69) is 5.32 Å². The fourth-order valence-electron chi connectivity index (χ4n) is 2.23. The number of hydrogen-bond acceptors (Lipinski definition) is 3. The van der Waals surface area contributed by atoms with E-state index >= 15 is 0 Å². The lowest BCUT2D eigenvalue weighted by Crippen LogP contribution is -2.31. The van der Waals surface area contributed by atoms with Crippen molar-refractivity contribution in [3.8, 4) is 0 Å². The molecule has 1 fully saturated rings. The lowest BCUT2D eigenvalue weighted by Gasteiger charge is -2.28. The zero-order valence-electron chi connectivity index (χ0n) is 11.3.